The molecule has 1 aliphatic carbocycles. The zero-order valence-electron chi connectivity index (χ0n) is 16.4. The van der Waals surface area contributed by atoms with Crippen molar-refractivity contribution < 1.29 is 9.59 Å². The highest BCUT2D eigenvalue weighted by Gasteiger charge is 2.47. The predicted octanol–water partition coefficient (Wildman–Crippen LogP) is 4.78. The van der Waals surface area contributed by atoms with Crippen LogP contribution in [0.15, 0.2) is 46.9 Å². The summed E-state index contributed by atoms with van der Waals surface area (Å²) in [6.07, 6.45) is 2.73. The second kappa shape index (κ2) is 8.91. The molecule has 3 aromatic rings. The molecule has 30 heavy (non-hydrogen) atoms. The van der Waals surface area contributed by atoms with E-state index in [-0.39, 0.29) is 17.4 Å². The van der Waals surface area contributed by atoms with Gasteiger partial charge in [-0.15, -0.1) is 16.4 Å². The molecule has 9 heteroatoms. The second-order valence-corrected chi connectivity index (χ2v) is 9.45. The molecule has 1 N–H and O–H groups in total. The van der Waals surface area contributed by atoms with Crippen molar-refractivity contribution in [2.75, 3.05) is 12.8 Å². The van der Waals surface area contributed by atoms with Crippen molar-refractivity contribution in [2.24, 2.45) is 0 Å². The van der Waals surface area contributed by atoms with Crippen LogP contribution in [0.3, 0.4) is 0 Å². The van der Waals surface area contributed by atoms with Crippen LogP contribution in [0.5, 0.6) is 0 Å². The summed E-state index contributed by atoms with van der Waals surface area (Å²) in [6, 6.07) is 11.2. The molecule has 1 unspecified atom stereocenters. The molecule has 1 saturated carbocycles. The fourth-order valence-corrected chi connectivity index (χ4v) is 5.57. The Hall–Kier alpha value is -2.16. The lowest BCUT2D eigenvalue weighted by Gasteiger charge is -2.44. The smallest absolute Gasteiger partial charge is 0.233 e. The van der Waals surface area contributed by atoms with E-state index in [1.54, 1.807) is 29.4 Å². The Morgan fingerprint density at radius 2 is 2.13 bits per heavy atom. The van der Waals surface area contributed by atoms with Crippen molar-refractivity contribution in [3.05, 3.63) is 52.4 Å². The van der Waals surface area contributed by atoms with Gasteiger partial charge in [0.25, 0.3) is 0 Å². The molecule has 0 aliphatic heterocycles. The van der Waals surface area contributed by atoms with Crippen LogP contribution in [-0.4, -0.2) is 44.6 Å². The normalized spacial score (nSPS) is 19.1. The molecular weight excluding hydrogens is 440 g/mol. The van der Waals surface area contributed by atoms with E-state index in [9.17, 15) is 9.59 Å². The fraction of sp³-hybridized carbons (Fsp3) is 0.333. The Morgan fingerprint density at radius 1 is 1.30 bits per heavy atom. The third-order valence-electron chi connectivity index (χ3n) is 5.46. The molecule has 0 saturated heterocycles. The summed E-state index contributed by atoms with van der Waals surface area (Å²) in [5, 5.41) is 10.1. The van der Waals surface area contributed by atoms with Crippen molar-refractivity contribution in [3.8, 4) is 10.7 Å². The van der Waals surface area contributed by atoms with E-state index in [4.69, 9.17) is 11.6 Å². The first kappa shape index (κ1) is 21.1. The Bertz CT molecular complexity index is 1050. The number of likely N-dealkylation sites (N-methyl/N-ethyl adjacent to an activating group) is 1. The summed E-state index contributed by atoms with van der Waals surface area (Å²) < 4.78 is 0. The predicted molar refractivity (Wildman–Crippen MR) is 120 cm³/mol. The third kappa shape index (κ3) is 3.91. The van der Waals surface area contributed by atoms with Gasteiger partial charge in [-0.3, -0.25) is 14.7 Å². The van der Waals surface area contributed by atoms with E-state index in [2.05, 4.69) is 15.2 Å². The lowest BCUT2D eigenvalue weighted by Crippen LogP contribution is -2.54. The van der Waals surface area contributed by atoms with E-state index >= 15 is 0 Å². The number of amides is 1. The quantitative estimate of drug-likeness (QED) is 0.536. The number of rotatable bonds is 6. The average Bonchev–Trinajstić information content (AvgIpc) is 3.44. The lowest BCUT2D eigenvalue weighted by molar-refractivity contribution is -0.146. The Labute approximate surface area is 188 Å². The molecule has 2 heterocycles. The second-order valence-electron chi connectivity index (χ2n) is 7.16. The van der Waals surface area contributed by atoms with Crippen LogP contribution in [0.2, 0.25) is 5.02 Å². The molecule has 4 rings (SSSR count). The van der Waals surface area contributed by atoms with Gasteiger partial charge in [0.2, 0.25) is 11.1 Å². The standard InChI is InChI=1S/C21H21ClN4O2S2/c1-26(18(28)13-30-20-23-19(24-25-20)16-9-6-12-29-16)21(11-5-4-10-17(21)27)14-7-2-3-8-15(14)22/h2-3,6-9,12H,4-5,10-11,13H2,1H3,(H,23,24,25). The number of halogens is 1. The van der Waals surface area contributed by atoms with E-state index in [1.165, 1.54) is 11.8 Å². The highest BCUT2D eigenvalue weighted by molar-refractivity contribution is 7.99. The van der Waals surface area contributed by atoms with Crippen LogP contribution in [0.4, 0.5) is 0 Å². The number of Topliss-reactive ketones (excluding diaryl/α,β-unsaturated/α-hetero) is 1. The van der Waals surface area contributed by atoms with Gasteiger partial charge in [0.1, 0.15) is 5.54 Å². The van der Waals surface area contributed by atoms with Gasteiger partial charge in [-0.25, -0.2) is 4.98 Å². The van der Waals surface area contributed by atoms with Crippen LogP contribution in [0.1, 0.15) is 31.2 Å². The molecule has 6 nitrogen and oxygen atoms in total. The average molecular weight is 461 g/mol. The van der Waals surface area contributed by atoms with Gasteiger partial charge in [-0.2, -0.15) is 0 Å². The number of carbonyl (C=O) groups excluding carboxylic acids is 2. The van der Waals surface area contributed by atoms with Crippen molar-refractivity contribution in [3.63, 3.8) is 0 Å². The molecule has 0 bridgehead atoms. The molecule has 1 amide bonds. The SMILES string of the molecule is CN(C(=O)CSc1n[nH]c(-c2cccs2)n1)C1(c2ccccc2Cl)CCCCC1=O. The maximum Gasteiger partial charge on any atom is 0.233 e. The maximum atomic E-state index is 13.1. The Balaban J connectivity index is 1.53. The number of benzene rings is 1. The van der Waals surface area contributed by atoms with Crippen molar-refractivity contribution in [1.29, 1.82) is 0 Å². The molecule has 1 aliphatic rings. The van der Waals surface area contributed by atoms with Crippen molar-refractivity contribution in [2.45, 2.75) is 36.4 Å². The van der Waals surface area contributed by atoms with Gasteiger partial charge in [0, 0.05) is 24.1 Å². The largest absolute Gasteiger partial charge is 0.328 e. The number of hydrogen-bond acceptors (Lipinski definition) is 6. The lowest BCUT2D eigenvalue weighted by atomic mass is 9.74. The monoisotopic (exact) mass is 460 g/mol. The summed E-state index contributed by atoms with van der Waals surface area (Å²) in [5.41, 5.74) is -0.315. The van der Waals surface area contributed by atoms with Gasteiger partial charge in [-0.1, -0.05) is 47.6 Å². The first-order valence-electron chi connectivity index (χ1n) is 9.66. The van der Waals surface area contributed by atoms with Gasteiger partial charge in [0.05, 0.1) is 10.6 Å². The number of aromatic amines is 1. The van der Waals surface area contributed by atoms with Crippen LogP contribution in [0.25, 0.3) is 10.7 Å². The molecule has 156 valence electrons. The molecule has 1 aromatic carbocycles. The van der Waals surface area contributed by atoms with Gasteiger partial charge in [0.15, 0.2) is 11.6 Å². The van der Waals surface area contributed by atoms with E-state index in [0.717, 1.165) is 17.7 Å². The Kier molecular flexibility index (Phi) is 6.26. The number of carbonyl (C=O) groups is 2. The van der Waals surface area contributed by atoms with Crippen LogP contribution in [-0.2, 0) is 15.1 Å². The number of nitrogens with one attached hydrogen (secondary N) is 1. The fourth-order valence-electron chi connectivity index (χ4n) is 3.90. The number of hydrogen-bond donors (Lipinski definition) is 1. The van der Waals surface area contributed by atoms with Crippen LogP contribution in [0, 0.1) is 0 Å². The highest BCUT2D eigenvalue weighted by Crippen LogP contribution is 2.42. The Morgan fingerprint density at radius 3 is 2.87 bits per heavy atom. The summed E-state index contributed by atoms with van der Waals surface area (Å²) in [5.74, 6) is 0.707. The maximum absolute atomic E-state index is 13.1. The molecule has 1 atom stereocenters. The van der Waals surface area contributed by atoms with E-state index in [0.29, 0.717) is 34.4 Å². The number of thiophene rings is 1. The first-order chi connectivity index (χ1) is 14.5. The minimum atomic E-state index is -1.02. The number of ketones is 1. The van der Waals surface area contributed by atoms with Crippen LogP contribution >= 0.6 is 34.7 Å². The molecule has 0 radical (unpaired) electrons. The minimum Gasteiger partial charge on any atom is -0.328 e. The minimum absolute atomic E-state index is 0.0422. The van der Waals surface area contributed by atoms with Gasteiger partial charge in [-0.05, 0) is 36.8 Å². The zero-order chi connectivity index (χ0) is 21.1. The number of thioether (sulfide) groups is 1. The van der Waals surface area contributed by atoms with E-state index < -0.39 is 5.54 Å². The molecule has 1 fully saturated rings. The first-order valence-corrected chi connectivity index (χ1v) is 11.9. The van der Waals surface area contributed by atoms with Crippen LogP contribution < -0.4 is 0 Å². The molecule has 2 aromatic heterocycles. The number of aromatic nitrogens is 3. The van der Waals surface area contributed by atoms with Crippen molar-refractivity contribution in [1.82, 2.24) is 20.1 Å². The van der Waals surface area contributed by atoms with E-state index in [1.807, 2.05) is 35.7 Å². The summed E-state index contributed by atoms with van der Waals surface area (Å²) in [4.78, 5) is 33.3. The summed E-state index contributed by atoms with van der Waals surface area (Å²) >= 11 is 9.29. The van der Waals surface area contributed by atoms with Crippen molar-refractivity contribution >= 4 is 46.4 Å². The number of nitrogens with zero attached hydrogens (tertiary/aromatic N) is 3. The topological polar surface area (TPSA) is 79.0 Å². The third-order valence-corrected chi connectivity index (χ3v) is 7.50. The molecule has 0 spiro atoms. The van der Waals surface area contributed by atoms with Gasteiger partial charge >= 0.3 is 0 Å². The summed E-state index contributed by atoms with van der Waals surface area (Å²) in [6.45, 7) is 0. The summed E-state index contributed by atoms with van der Waals surface area (Å²) in [7, 11) is 1.70. The van der Waals surface area contributed by atoms with Gasteiger partial charge < -0.3 is 4.90 Å². The zero-order valence-corrected chi connectivity index (χ0v) is 18.8. The highest BCUT2D eigenvalue weighted by atomic mass is 35.5. The number of H-pyrrole nitrogens is 1. The molecular formula is C21H21ClN4O2S2.